The predicted octanol–water partition coefficient (Wildman–Crippen LogP) is 3.63. The number of anilines is 1. The van der Waals surface area contributed by atoms with Gasteiger partial charge in [0.25, 0.3) is 5.91 Å². The van der Waals surface area contributed by atoms with Crippen molar-refractivity contribution in [1.29, 1.82) is 0 Å². The number of amides is 1. The normalized spacial score (nSPS) is 16.0. The fourth-order valence-corrected chi connectivity index (χ4v) is 4.55. The standard InChI is InChI=1S/C19H15ClN6O3S/c1-8-7-21-14-13-9-3-6-12(29-19-25-17(20)24-18(26-19)28-2)23-10(9)4-5-11(13)30-15(14)16(27)22-8/h3-6,8,21H,7H2,1-2H3,(H,22,27)/t8-/m0/s1. The minimum atomic E-state index is -0.0644. The number of hydrogen-bond acceptors (Lipinski definition) is 9. The van der Waals surface area contributed by atoms with Crippen LogP contribution in [0.3, 0.4) is 0 Å². The molecular weight excluding hydrogens is 428 g/mol. The molecule has 1 aromatic carbocycles. The Labute approximate surface area is 179 Å². The van der Waals surface area contributed by atoms with Crippen molar-refractivity contribution >= 4 is 55.5 Å². The van der Waals surface area contributed by atoms with Crippen LogP contribution in [0.4, 0.5) is 5.69 Å². The number of hydrogen-bond donors (Lipinski definition) is 2. The molecule has 1 atom stereocenters. The fourth-order valence-electron chi connectivity index (χ4n) is 3.31. The molecule has 0 fully saturated rings. The maximum absolute atomic E-state index is 12.5. The molecule has 0 aliphatic carbocycles. The molecule has 30 heavy (non-hydrogen) atoms. The summed E-state index contributed by atoms with van der Waals surface area (Å²) >= 11 is 7.33. The molecule has 0 saturated carbocycles. The predicted molar refractivity (Wildman–Crippen MR) is 114 cm³/mol. The van der Waals surface area contributed by atoms with Gasteiger partial charge in [-0.3, -0.25) is 4.79 Å². The van der Waals surface area contributed by atoms with Crippen LogP contribution in [0.15, 0.2) is 24.3 Å². The second kappa shape index (κ2) is 7.22. The van der Waals surface area contributed by atoms with Gasteiger partial charge in [-0.2, -0.15) is 9.97 Å². The van der Waals surface area contributed by atoms with Gasteiger partial charge in [-0.15, -0.1) is 16.3 Å². The van der Waals surface area contributed by atoms with Gasteiger partial charge in [0.15, 0.2) is 0 Å². The van der Waals surface area contributed by atoms with Gasteiger partial charge in [0.2, 0.25) is 11.2 Å². The molecule has 0 saturated heterocycles. The van der Waals surface area contributed by atoms with E-state index in [9.17, 15) is 4.79 Å². The number of rotatable bonds is 3. The van der Waals surface area contributed by atoms with Crippen molar-refractivity contribution in [3.05, 3.63) is 34.4 Å². The van der Waals surface area contributed by atoms with Crippen LogP contribution in [0.5, 0.6) is 17.9 Å². The Morgan fingerprint density at radius 1 is 1.13 bits per heavy atom. The first-order chi connectivity index (χ1) is 14.5. The van der Waals surface area contributed by atoms with Crippen molar-refractivity contribution in [3.8, 4) is 17.9 Å². The number of aromatic nitrogens is 4. The Morgan fingerprint density at radius 2 is 1.97 bits per heavy atom. The molecule has 0 spiro atoms. The van der Waals surface area contributed by atoms with Crippen LogP contribution in [-0.4, -0.2) is 45.5 Å². The van der Waals surface area contributed by atoms with Gasteiger partial charge in [-0.25, -0.2) is 4.98 Å². The third-order valence-electron chi connectivity index (χ3n) is 4.61. The number of halogens is 1. The van der Waals surface area contributed by atoms with Crippen molar-refractivity contribution < 1.29 is 14.3 Å². The number of pyridine rings is 1. The summed E-state index contributed by atoms with van der Waals surface area (Å²) in [4.78, 5) is 29.5. The average molecular weight is 443 g/mol. The van der Waals surface area contributed by atoms with Crippen LogP contribution in [0.25, 0.3) is 21.0 Å². The average Bonchev–Trinajstić information content (AvgIpc) is 3.04. The second-order valence-electron chi connectivity index (χ2n) is 6.69. The molecule has 0 unspecified atom stereocenters. The zero-order valence-corrected chi connectivity index (χ0v) is 17.5. The van der Waals surface area contributed by atoms with Gasteiger partial charge < -0.3 is 20.1 Å². The quantitative estimate of drug-likeness (QED) is 0.494. The van der Waals surface area contributed by atoms with E-state index in [4.69, 9.17) is 21.1 Å². The molecule has 4 aromatic rings. The molecular formula is C19H15ClN6O3S. The van der Waals surface area contributed by atoms with Crippen LogP contribution in [0, 0.1) is 0 Å². The fraction of sp³-hybridized carbons (Fsp3) is 0.211. The van der Waals surface area contributed by atoms with Gasteiger partial charge in [0, 0.05) is 34.1 Å². The van der Waals surface area contributed by atoms with E-state index in [0.717, 1.165) is 21.2 Å². The van der Waals surface area contributed by atoms with Crippen molar-refractivity contribution in [2.75, 3.05) is 19.0 Å². The molecule has 2 N–H and O–H groups in total. The molecule has 152 valence electrons. The van der Waals surface area contributed by atoms with Gasteiger partial charge in [-0.1, -0.05) is 0 Å². The van der Waals surface area contributed by atoms with E-state index >= 15 is 0 Å². The summed E-state index contributed by atoms with van der Waals surface area (Å²) in [6.45, 7) is 2.62. The molecule has 4 heterocycles. The Morgan fingerprint density at radius 3 is 2.80 bits per heavy atom. The summed E-state index contributed by atoms with van der Waals surface area (Å²) in [5, 5.41) is 8.24. The lowest BCUT2D eigenvalue weighted by atomic mass is 10.1. The Kier molecular flexibility index (Phi) is 4.52. The zero-order chi connectivity index (χ0) is 20.8. The summed E-state index contributed by atoms with van der Waals surface area (Å²) in [6, 6.07) is 7.54. The van der Waals surface area contributed by atoms with Crippen molar-refractivity contribution in [1.82, 2.24) is 25.3 Å². The lowest BCUT2D eigenvalue weighted by Gasteiger charge is -2.10. The number of nitrogens with one attached hydrogen (secondary N) is 2. The summed E-state index contributed by atoms with van der Waals surface area (Å²) in [7, 11) is 1.42. The summed E-state index contributed by atoms with van der Waals surface area (Å²) in [5.74, 6) is 0.234. The number of thiophene rings is 1. The molecule has 5 rings (SSSR count). The second-order valence-corrected chi connectivity index (χ2v) is 8.08. The SMILES string of the molecule is COc1nc(Cl)nc(Oc2ccc3c(ccc4sc5c(c43)NC[C@H](C)NC5=O)n2)n1. The number of ether oxygens (including phenoxy) is 2. The van der Waals surface area contributed by atoms with E-state index in [2.05, 4.69) is 30.6 Å². The molecule has 9 nitrogen and oxygen atoms in total. The van der Waals surface area contributed by atoms with E-state index in [1.165, 1.54) is 18.4 Å². The number of methoxy groups -OCH3 is 1. The lowest BCUT2D eigenvalue weighted by Crippen LogP contribution is -2.34. The van der Waals surface area contributed by atoms with Crippen LogP contribution in [-0.2, 0) is 0 Å². The lowest BCUT2D eigenvalue weighted by molar-refractivity contribution is 0.0949. The van der Waals surface area contributed by atoms with E-state index in [0.29, 0.717) is 22.8 Å². The summed E-state index contributed by atoms with van der Waals surface area (Å²) in [5.41, 5.74) is 1.55. The van der Waals surface area contributed by atoms with Crippen LogP contribution >= 0.6 is 22.9 Å². The maximum Gasteiger partial charge on any atom is 0.330 e. The molecule has 1 aliphatic rings. The van der Waals surface area contributed by atoms with E-state index < -0.39 is 0 Å². The Balaban J connectivity index is 1.58. The van der Waals surface area contributed by atoms with Crippen LogP contribution < -0.4 is 20.1 Å². The largest absolute Gasteiger partial charge is 0.467 e. The van der Waals surface area contributed by atoms with Gasteiger partial charge >= 0.3 is 12.0 Å². The number of carbonyl (C=O) groups excluding carboxylic acids is 1. The minimum absolute atomic E-state index is 0.0171. The maximum atomic E-state index is 12.5. The minimum Gasteiger partial charge on any atom is -0.467 e. The molecule has 11 heteroatoms. The monoisotopic (exact) mass is 442 g/mol. The number of fused-ring (bicyclic) bond motifs is 5. The van der Waals surface area contributed by atoms with Crippen molar-refractivity contribution in [2.45, 2.75) is 13.0 Å². The highest BCUT2D eigenvalue weighted by molar-refractivity contribution is 7.21. The van der Waals surface area contributed by atoms with Crippen LogP contribution in [0.1, 0.15) is 16.6 Å². The Hall–Kier alpha value is -3.24. The third kappa shape index (κ3) is 3.23. The first-order valence-electron chi connectivity index (χ1n) is 9.06. The highest BCUT2D eigenvalue weighted by atomic mass is 35.5. The van der Waals surface area contributed by atoms with Crippen molar-refractivity contribution in [2.24, 2.45) is 0 Å². The molecule has 1 amide bonds. The first kappa shape index (κ1) is 18.8. The smallest absolute Gasteiger partial charge is 0.330 e. The highest BCUT2D eigenvalue weighted by Gasteiger charge is 2.24. The summed E-state index contributed by atoms with van der Waals surface area (Å²) in [6.07, 6.45) is 0. The third-order valence-corrected chi connectivity index (χ3v) is 5.93. The molecule has 3 aromatic heterocycles. The topological polar surface area (TPSA) is 111 Å². The number of nitrogens with zero attached hydrogens (tertiary/aromatic N) is 4. The van der Waals surface area contributed by atoms with Gasteiger partial charge in [-0.05, 0) is 36.7 Å². The first-order valence-corrected chi connectivity index (χ1v) is 10.3. The number of benzene rings is 1. The van der Waals surface area contributed by atoms with E-state index in [-0.39, 0.29) is 29.3 Å². The van der Waals surface area contributed by atoms with Crippen molar-refractivity contribution in [3.63, 3.8) is 0 Å². The number of carbonyl (C=O) groups is 1. The van der Waals surface area contributed by atoms with E-state index in [1.807, 2.05) is 25.1 Å². The zero-order valence-electron chi connectivity index (χ0n) is 15.9. The van der Waals surface area contributed by atoms with Gasteiger partial charge in [0.05, 0.1) is 18.3 Å². The Bertz CT molecular complexity index is 1310. The van der Waals surface area contributed by atoms with Gasteiger partial charge in [0.1, 0.15) is 4.88 Å². The van der Waals surface area contributed by atoms with Crippen LogP contribution in [0.2, 0.25) is 5.28 Å². The molecule has 0 radical (unpaired) electrons. The molecule has 1 aliphatic heterocycles. The summed E-state index contributed by atoms with van der Waals surface area (Å²) < 4.78 is 11.6. The molecule has 0 bridgehead atoms. The van der Waals surface area contributed by atoms with E-state index in [1.54, 1.807) is 6.07 Å². The highest BCUT2D eigenvalue weighted by Crippen LogP contribution is 2.41.